The third kappa shape index (κ3) is 4.01. The number of hydrogen-bond acceptors (Lipinski definition) is 4. The van der Waals surface area contributed by atoms with Gasteiger partial charge in [-0.1, -0.05) is 24.3 Å². The molecule has 4 heteroatoms. The van der Waals surface area contributed by atoms with Gasteiger partial charge in [0.25, 0.3) is 0 Å². The lowest BCUT2D eigenvalue weighted by atomic mass is 9.97. The fourth-order valence-electron chi connectivity index (χ4n) is 2.42. The highest BCUT2D eigenvalue weighted by Gasteiger charge is 2.20. The summed E-state index contributed by atoms with van der Waals surface area (Å²) in [5, 5.41) is 3.40. The summed E-state index contributed by atoms with van der Waals surface area (Å²) in [6, 6.07) is 8.51. The highest BCUT2D eigenvalue weighted by atomic mass is 16.5. The van der Waals surface area contributed by atoms with Crippen molar-refractivity contribution in [2.24, 2.45) is 0 Å². The smallest absolute Gasteiger partial charge is 0.0952 e. The largest absolute Gasteiger partial charge is 0.382 e. The first-order valence-corrected chi connectivity index (χ1v) is 6.77. The molecule has 0 bridgehead atoms. The van der Waals surface area contributed by atoms with Crippen LogP contribution >= 0.6 is 0 Å². The highest BCUT2D eigenvalue weighted by molar-refractivity contribution is 5.31. The summed E-state index contributed by atoms with van der Waals surface area (Å²) >= 11 is 0. The summed E-state index contributed by atoms with van der Waals surface area (Å²) in [5.41, 5.74) is 2.71. The predicted octanol–water partition coefficient (Wildman–Crippen LogP) is 1.55. The number of benzene rings is 1. The van der Waals surface area contributed by atoms with Crippen LogP contribution in [0.25, 0.3) is 0 Å². The lowest BCUT2D eigenvalue weighted by Crippen LogP contribution is -2.35. The normalized spacial score (nSPS) is 20.0. The van der Waals surface area contributed by atoms with Crippen molar-refractivity contribution < 1.29 is 14.2 Å². The molecule has 1 heterocycles. The van der Waals surface area contributed by atoms with Gasteiger partial charge in [-0.05, 0) is 17.5 Å². The van der Waals surface area contributed by atoms with E-state index < -0.39 is 0 Å². The Bertz CT molecular complexity index is 383. The number of rotatable bonds is 7. The Morgan fingerprint density at radius 2 is 2.21 bits per heavy atom. The molecule has 1 aromatic rings. The summed E-state index contributed by atoms with van der Waals surface area (Å²) in [4.78, 5) is 0. The molecule has 1 N–H and O–H groups in total. The van der Waals surface area contributed by atoms with Crippen molar-refractivity contribution in [3.63, 3.8) is 0 Å². The van der Waals surface area contributed by atoms with Crippen molar-refractivity contribution in [2.75, 3.05) is 40.5 Å². The van der Waals surface area contributed by atoms with Gasteiger partial charge in [0.15, 0.2) is 0 Å². The zero-order chi connectivity index (χ0) is 13.5. The molecular weight excluding hydrogens is 242 g/mol. The molecule has 0 aromatic heterocycles. The summed E-state index contributed by atoms with van der Waals surface area (Å²) in [7, 11) is 3.39. The van der Waals surface area contributed by atoms with Gasteiger partial charge in [0.05, 0.1) is 25.4 Å². The van der Waals surface area contributed by atoms with E-state index in [1.165, 1.54) is 11.1 Å². The van der Waals surface area contributed by atoms with Crippen LogP contribution < -0.4 is 5.32 Å². The molecule has 0 saturated carbocycles. The van der Waals surface area contributed by atoms with Crippen molar-refractivity contribution in [1.29, 1.82) is 0 Å². The van der Waals surface area contributed by atoms with Crippen LogP contribution in [-0.4, -0.2) is 46.6 Å². The molecule has 1 aromatic carbocycles. The molecule has 19 heavy (non-hydrogen) atoms. The minimum atomic E-state index is 0.0869. The van der Waals surface area contributed by atoms with Gasteiger partial charge in [0, 0.05) is 27.3 Å². The number of nitrogens with one attached hydrogen (secondary N) is 1. The number of ether oxygens (including phenoxy) is 3. The predicted molar refractivity (Wildman–Crippen MR) is 74.4 cm³/mol. The molecular formula is C15H23NO3. The van der Waals surface area contributed by atoms with Crippen molar-refractivity contribution in [1.82, 2.24) is 5.32 Å². The number of hydrogen-bond donors (Lipinski definition) is 1. The average Bonchev–Trinajstić information content (AvgIpc) is 2.46. The van der Waals surface area contributed by atoms with E-state index in [-0.39, 0.29) is 12.2 Å². The molecule has 1 aliphatic heterocycles. The maximum atomic E-state index is 5.85. The van der Waals surface area contributed by atoms with Gasteiger partial charge in [-0.15, -0.1) is 0 Å². The van der Waals surface area contributed by atoms with E-state index in [0.717, 1.165) is 26.1 Å². The molecule has 0 fully saturated rings. The Hall–Kier alpha value is -0.940. The first kappa shape index (κ1) is 14.5. The van der Waals surface area contributed by atoms with Crippen molar-refractivity contribution in [3.05, 3.63) is 35.4 Å². The van der Waals surface area contributed by atoms with Crippen LogP contribution in [0.15, 0.2) is 24.3 Å². The summed E-state index contributed by atoms with van der Waals surface area (Å²) in [5.74, 6) is 0. The third-order valence-corrected chi connectivity index (χ3v) is 3.48. The van der Waals surface area contributed by atoms with Gasteiger partial charge in [-0.2, -0.15) is 0 Å². The van der Waals surface area contributed by atoms with Crippen molar-refractivity contribution in [3.8, 4) is 0 Å². The first-order valence-electron chi connectivity index (χ1n) is 6.77. The SMILES string of the molecule is COCC(CNCC1OCCc2ccccc21)OC. The Morgan fingerprint density at radius 1 is 1.37 bits per heavy atom. The topological polar surface area (TPSA) is 39.7 Å². The quantitative estimate of drug-likeness (QED) is 0.812. The van der Waals surface area contributed by atoms with Gasteiger partial charge in [-0.3, -0.25) is 0 Å². The molecule has 0 radical (unpaired) electrons. The number of methoxy groups -OCH3 is 2. The maximum absolute atomic E-state index is 5.85. The van der Waals surface area contributed by atoms with Crippen LogP contribution in [0, 0.1) is 0 Å². The third-order valence-electron chi connectivity index (χ3n) is 3.48. The summed E-state index contributed by atoms with van der Waals surface area (Å²) < 4.78 is 16.3. The van der Waals surface area contributed by atoms with Crippen molar-refractivity contribution in [2.45, 2.75) is 18.6 Å². The lowest BCUT2D eigenvalue weighted by Gasteiger charge is -2.27. The van der Waals surface area contributed by atoms with Crippen LogP contribution in [-0.2, 0) is 20.6 Å². The summed E-state index contributed by atoms with van der Waals surface area (Å²) in [6.07, 6.45) is 1.24. The van der Waals surface area contributed by atoms with Gasteiger partial charge in [0.2, 0.25) is 0 Å². The second kappa shape index (κ2) is 7.60. The van der Waals surface area contributed by atoms with E-state index in [9.17, 15) is 0 Å². The van der Waals surface area contributed by atoms with Crippen LogP contribution in [0.2, 0.25) is 0 Å². The fourth-order valence-corrected chi connectivity index (χ4v) is 2.42. The zero-order valence-electron chi connectivity index (χ0n) is 11.7. The number of fused-ring (bicyclic) bond motifs is 1. The molecule has 0 amide bonds. The van der Waals surface area contributed by atoms with Crippen LogP contribution in [0.4, 0.5) is 0 Å². The Kier molecular flexibility index (Phi) is 5.79. The first-order chi connectivity index (χ1) is 9.35. The van der Waals surface area contributed by atoms with E-state index in [1.54, 1.807) is 14.2 Å². The van der Waals surface area contributed by atoms with E-state index in [1.807, 2.05) is 0 Å². The van der Waals surface area contributed by atoms with Gasteiger partial charge in [0.1, 0.15) is 0 Å². The van der Waals surface area contributed by atoms with Crippen molar-refractivity contribution >= 4 is 0 Å². The highest BCUT2D eigenvalue weighted by Crippen LogP contribution is 2.26. The van der Waals surface area contributed by atoms with Gasteiger partial charge < -0.3 is 19.5 Å². The van der Waals surface area contributed by atoms with E-state index in [2.05, 4.69) is 29.6 Å². The van der Waals surface area contributed by atoms with Crippen LogP contribution in [0.3, 0.4) is 0 Å². The fraction of sp³-hybridized carbons (Fsp3) is 0.600. The monoisotopic (exact) mass is 265 g/mol. The Labute approximate surface area is 115 Å². The molecule has 2 unspecified atom stereocenters. The molecule has 0 aliphatic carbocycles. The average molecular weight is 265 g/mol. The molecule has 2 rings (SSSR count). The molecule has 1 aliphatic rings. The Morgan fingerprint density at radius 3 is 3.00 bits per heavy atom. The Balaban J connectivity index is 1.84. The maximum Gasteiger partial charge on any atom is 0.0952 e. The second-order valence-electron chi connectivity index (χ2n) is 4.78. The second-order valence-corrected chi connectivity index (χ2v) is 4.78. The van der Waals surface area contributed by atoms with E-state index in [0.29, 0.717) is 6.61 Å². The molecule has 106 valence electrons. The lowest BCUT2D eigenvalue weighted by molar-refractivity contribution is 0.0180. The van der Waals surface area contributed by atoms with Gasteiger partial charge in [-0.25, -0.2) is 0 Å². The molecule has 0 spiro atoms. The van der Waals surface area contributed by atoms with Crippen LogP contribution in [0.1, 0.15) is 17.2 Å². The standard InChI is InChI=1S/C15H23NO3/c1-17-11-13(18-2)9-16-10-15-14-6-4-3-5-12(14)7-8-19-15/h3-6,13,15-16H,7-11H2,1-2H3. The molecule has 2 atom stereocenters. The summed E-state index contributed by atoms with van der Waals surface area (Å²) in [6.45, 7) is 2.98. The van der Waals surface area contributed by atoms with Gasteiger partial charge >= 0.3 is 0 Å². The van der Waals surface area contributed by atoms with E-state index in [4.69, 9.17) is 14.2 Å². The van der Waals surface area contributed by atoms with Crippen LogP contribution in [0.5, 0.6) is 0 Å². The zero-order valence-corrected chi connectivity index (χ0v) is 11.7. The minimum Gasteiger partial charge on any atom is -0.382 e. The van der Waals surface area contributed by atoms with E-state index >= 15 is 0 Å². The minimum absolute atomic E-state index is 0.0869. The molecule has 0 saturated heterocycles. The molecule has 4 nitrogen and oxygen atoms in total.